The van der Waals surface area contributed by atoms with Gasteiger partial charge in [-0.05, 0) is 18.2 Å². The second kappa shape index (κ2) is 5.16. The van der Waals surface area contributed by atoms with Crippen LogP contribution in [0.15, 0.2) is 18.2 Å². The molecule has 0 aliphatic carbocycles. The number of anilines is 2. The van der Waals surface area contributed by atoms with Crippen LogP contribution >= 0.6 is 0 Å². The Morgan fingerprint density at radius 3 is 2.67 bits per heavy atom. The fourth-order valence-electron chi connectivity index (χ4n) is 2.16. The van der Waals surface area contributed by atoms with Crippen LogP contribution < -0.4 is 11.1 Å². The molecule has 0 spiro atoms. The molecule has 2 rings (SSSR count). The molecule has 1 aliphatic heterocycles. The van der Waals surface area contributed by atoms with Crippen molar-refractivity contribution in [2.45, 2.75) is 20.3 Å². The molecule has 0 unspecified atom stereocenters. The van der Waals surface area contributed by atoms with Crippen LogP contribution in [0.5, 0.6) is 0 Å². The Bertz CT molecular complexity index is 628. The summed E-state index contributed by atoms with van der Waals surface area (Å²) in [5.41, 5.74) is 4.91. The van der Waals surface area contributed by atoms with Crippen molar-refractivity contribution >= 4 is 29.1 Å². The van der Waals surface area contributed by atoms with Crippen LogP contribution in [0.1, 0.15) is 20.3 Å². The molecule has 1 aromatic carbocycles. The minimum atomic E-state index is -0.806. The van der Waals surface area contributed by atoms with E-state index in [4.69, 9.17) is 5.73 Å². The van der Waals surface area contributed by atoms with Gasteiger partial charge in [-0.15, -0.1) is 0 Å². The summed E-state index contributed by atoms with van der Waals surface area (Å²) in [5.74, 6) is -2.11. The molecule has 7 heteroatoms. The molecular weight excluding hydrogens is 277 g/mol. The summed E-state index contributed by atoms with van der Waals surface area (Å²) in [6.07, 6.45) is 0.0613. The summed E-state index contributed by atoms with van der Waals surface area (Å²) in [6, 6.07) is 3.76. The van der Waals surface area contributed by atoms with Crippen molar-refractivity contribution in [2.75, 3.05) is 17.6 Å². The van der Waals surface area contributed by atoms with Gasteiger partial charge >= 0.3 is 0 Å². The predicted octanol–water partition coefficient (Wildman–Crippen LogP) is 1.13. The van der Waals surface area contributed by atoms with Gasteiger partial charge in [0.15, 0.2) is 0 Å². The molecule has 112 valence electrons. The third-order valence-electron chi connectivity index (χ3n) is 3.28. The van der Waals surface area contributed by atoms with E-state index in [1.165, 1.54) is 12.1 Å². The number of nitrogens with zero attached hydrogens (tertiary/aromatic N) is 1. The molecule has 1 saturated heterocycles. The third kappa shape index (κ3) is 3.01. The summed E-state index contributed by atoms with van der Waals surface area (Å²) >= 11 is 0. The first-order valence-corrected chi connectivity index (χ1v) is 6.40. The Labute approximate surface area is 121 Å². The van der Waals surface area contributed by atoms with Crippen molar-refractivity contribution in [1.82, 2.24) is 4.90 Å². The molecule has 0 saturated carbocycles. The largest absolute Gasteiger partial charge is 0.399 e. The zero-order chi connectivity index (χ0) is 15.8. The maximum atomic E-state index is 13.5. The van der Waals surface area contributed by atoms with Gasteiger partial charge in [0.05, 0.1) is 11.1 Å². The van der Waals surface area contributed by atoms with Gasteiger partial charge in [-0.25, -0.2) is 4.39 Å². The van der Waals surface area contributed by atoms with Gasteiger partial charge in [-0.3, -0.25) is 19.3 Å². The first-order valence-electron chi connectivity index (χ1n) is 6.40. The lowest BCUT2D eigenvalue weighted by molar-refractivity contribution is -0.143. The molecule has 0 aromatic heterocycles. The average Bonchev–Trinajstić information content (AvgIpc) is 2.56. The van der Waals surface area contributed by atoms with E-state index in [1.54, 1.807) is 13.8 Å². The Hall–Kier alpha value is -2.44. The second-order valence-corrected chi connectivity index (χ2v) is 5.63. The summed E-state index contributed by atoms with van der Waals surface area (Å²) in [6.45, 7) is 2.85. The average molecular weight is 293 g/mol. The highest BCUT2D eigenvalue weighted by Gasteiger charge is 2.45. The molecule has 6 nitrogen and oxygen atoms in total. The first-order chi connectivity index (χ1) is 9.70. The SMILES string of the molecule is CC1(C)CC(=O)N(CC(=O)Nc2cc(N)ccc2F)C1=O. The van der Waals surface area contributed by atoms with E-state index in [-0.39, 0.29) is 12.1 Å². The van der Waals surface area contributed by atoms with Crippen molar-refractivity contribution < 1.29 is 18.8 Å². The molecule has 3 amide bonds. The standard InChI is InChI=1S/C14H16FN3O3/c1-14(2)6-12(20)18(13(14)21)7-11(19)17-10-5-8(16)3-4-9(10)15/h3-5H,6-7,16H2,1-2H3,(H,17,19). The number of hydrogen-bond donors (Lipinski definition) is 2. The number of halogens is 1. The maximum Gasteiger partial charge on any atom is 0.244 e. The lowest BCUT2D eigenvalue weighted by Crippen LogP contribution is -2.39. The van der Waals surface area contributed by atoms with Gasteiger partial charge in [0.1, 0.15) is 12.4 Å². The van der Waals surface area contributed by atoms with Crippen molar-refractivity contribution in [3.8, 4) is 0 Å². The number of likely N-dealkylation sites (tertiary alicyclic amines) is 1. The normalized spacial score (nSPS) is 17.2. The van der Waals surface area contributed by atoms with Crippen molar-refractivity contribution in [2.24, 2.45) is 5.41 Å². The van der Waals surface area contributed by atoms with E-state index < -0.39 is 35.5 Å². The first kappa shape index (κ1) is 15.0. The van der Waals surface area contributed by atoms with E-state index >= 15 is 0 Å². The smallest absolute Gasteiger partial charge is 0.244 e. The molecule has 1 aliphatic rings. The van der Waals surface area contributed by atoms with Gasteiger partial charge in [-0.2, -0.15) is 0 Å². The highest BCUT2D eigenvalue weighted by molar-refractivity contribution is 6.08. The summed E-state index contributed by atoms with van der Waals surface area (Å²) in [5, 5.41) is 2.31. The second-order valence-electron chi connectivity index (χ2n) is 5.63. The van der Waals surface area contributed by atoms with Gasteiger partial charge in [0.25, 0.3) is 0 Å². The number of hydrogen-bond acceptors (Lipinski definition) is 4. The van der Waals surface area contributed by atoms with Crippen LogP contribution in [-0.4, -0.2) is 29.2 Å². The van der Waals surface area contributed by atoms with Crippen molar-refractivity contribution in [3.05, 3.63) is 24.0 Å². The molecule has 1 fully saturated rings. The zero-order valence-electron chi connectivity index (χ0n) is 11.8. The minimum absolute atomic E-state index is 0.0613. The summed E-state index contributed by atoms with van der Waals surface area (Å²) in [4.78, 5) is 36.5. The van der Waals surface area contributed by atoms with Crippen LogP contribution in [0, 0.1) is 11.2 Å². The monoisotopic (exact) mass is 293 g/mol. The fraction of sp³-hybridized carbons (Fsp3) is 0.357. The number of nitrogen functional groups attached to an aromatic ring is 1. The zero-order valence-corrected chi connectivity index (χ0v) is 11.8. The topological polar surface area (TPSA) is 92.5 Å². The van der Waals surface area contributed by atoms with Crippen LogP contribution in [0.2, 0.25) is 0 Å². The number of benzene rings is 1. The lowest BCUT2D eigenvalue weighted by atomic mass is 9.92. The highest BCUT2D eigenvalue weighted by Crippen LogP contribution is 2.31. The predicted molar refractivity (Wildman–Crippen MR) is 74.6 cm³/mol. The van der Waals surface area contributed by atoms with Gasteiger partial charge < -0.3 is 11.1 Å². The van der Waals surface area contributed by atoms with E-state index in [1.807, 2.05) is 0 Å². The van der Waals surface area contributed by atoms with Gasteiger partial charge in [-0.1, -0.05) is 13.8 Å². The summed E-state index contributed by atoms with van der Waals surface area (Å²) in [7, 11) is 0. The molecule has 0 bridgehead atoms. The Morgan fingerprint density at radius 2 is 2.10 bits per heavy atom. The highest BCUT2D eigenvalue weighted by atomic mass is 19.1. The van der Waals surface area contributed by atoms with Crippen LogP contribution in [0.4, 0.5) is 15.8 Å². The van der Waals surface area contributed by atoms with Crippen molar-refractivity contribution in [3.63, 3.8) is 0 Å². The van der Waals surface area contributed by atoms with Crippen LogP contribution in [0.3, 0.4) is 0 Å². The van der Waals surface area contributed by atoms with Gasteiger partial charge in [0, 0.05) is 12.1 Å². The molecule has 21 heavy (non-hydrogen) atoms. The fourth-order valence-corrected chi connectivity index (χ4v) is 2.16. The number of carbonyl (C=O) groups is 3. The Morgan fingerprint density at radius 1 is 1.43 bits per heavy atom. The van der Waals surface area contributed by atoms with Crippen LogP contribution in [0.25, 0.3) is 0 Å². The van der Waals surface area contributed by atoms with E-state index in [2.05, 4.69) is 5.32 Å². The van der Waals surface area contributed by atoms with E-state index in [9.17, 15) is 18.8 Å². The number of carbonyl (C=O) groups excluding carboxylic acids is 3. The number of nitrogens with two attached hydrogens (primary N) is 1. The third-order valence-corrected chi connectivity index (χ3v) is 3.28. The Balaban J connectivity index is 2.07. The molecule has 3 N–H and O–H groups in total. The van der Waals surface area contributed by atoms with E-state index in [0.717, 1.165) is 11.0 Å². The molecule has 0 atom stereocenters. The maximum absolute atomic E-state index is 13.5. The number of amides is 3. The van der Waals surface area contributed by atoms with E-state index in [0.29, 0.717) is 5.69 Å². The molecule has 1 aromatic rings. The quantitative estimate of drug-likeness (QED) is 0.645. The minimum Gasteiger partial charge on any atom is -0.399 e. The summed E-state index contributed by atoms with van der Waals surface area (Å²) < 4.78 is 13.5. The van der Waals surface area contributed by atoms with Gasteiger partial charge in [0.2, 0.25) is 17.7 Å². The number of rotatable bonds is 3. The lowest BCUT2D eigenvalue weighted by Gasteiger charge is -2.17. The molecule has 0 radical (unpaired) electrons. The number of imide groups is 1. The Kier molecular flexibility index (Phi) is 3.67. The number of nitrogens with one attached hydrogen (secondary N) is 1. The molecule has 1 heterocycles. The van der Waals surface area contributed by atoms with Crippen molar-refractivity contribution in [1.29, 1.82) is 0 Å². The van der Waals surface area contributed by atoms with Crippen LogP contribution in [-0.2, 0) is 14.4 Å². The molecular formula is C14H16FN3O3.